The highest BCUT2D eigenvalue weighted by Gasteiger charge is 2.17. The summed E-state index contributed by atoms with van der Waals surface area (Å²) in [7, 11) is 0. The van der Waals surface area contributed by atoms with Crippen LogP contribution in [0.3, 0.4) is 0 Å². The summed E-state index contributed by atoms with van der Waals surface area (Å²) in [5.41, 5.74) is 3.18. The number of benzene rings is 1. The first-order valence-electron chi connectivity index (χ1n) is 9.00. The minimum Gasteiger partial charge on any atom is -0.387 e. The second kappa shape index (κ2) is 9.45. The normalized spacial score (nSPS) is 12.6. The van der Waals surface area contributed by atoms with Crippen LogP contribution >= 0.6 is 23.2 Å². The van der Waals surface area contributed by atoms with Gasteiger partial charge in [0.05, 0.1) is 11.4 Å². The fourth-order valence-electron chi connectivity index (χ4n) is 3.19. The van der Waals surface area contributed by atoms with Crippen LogP contribution in [0.5, 0.6) is 0 Å². The maximum atomic E-state index is 13.2. The molecule has 1 aromatic heterocycles. The molecular formula is C20H20Cl2FN3O2. The van der Waals surface area contributed by atoms with Crippen LogP contribution in [0.15, 0.2) is 35.3 Å². The first kappa shape index (κ1) is 20.7. The van der Waals surface area contributed by atoms with E-state index in [4.69, 9.17) is 23.2 Å². The smallest absolute Gasteiger partial charge is 0.248 e. The van der Waals surface area contributed by atoms with Crippen LogP contribution in [0, 0.1) is 5.95 Å². The number of rotatable bonds is 8. The van der Waals surface area contributed by atoms with Crippen molar-refractivity contribution in [3.05, 3.63) is 57.6 Å². The first-order valence-corrected chi connectivity index (χ1v) is 9.75. The molecule has 0 spiro atoms. The van der Waals surface area contributed by atoms with E-state index in [1.54, 1.807) is 29.2 Å². The number of pyridine rings is 1. The Morgan fingerprint density at radius 2 is 1.93 bits per heavy atom. The lowest BCUT2D eigenvalue weighted by Crippen LogP contribution is -2.33. The number of unbranched alkanes of at least 4 members (excludes halogenated alkanes) is 1. The van der Waals surface area contributed by atoms with Crippen LogP contribution in [-0.4, -0.2) is 39.8 Å². The molecule has 1 N–H and O–H groups in total. The largest absolute Gasteiger partial charge is 0.387 e. The van der Waals surface area contributed by atoms with E-state index in [1.807, 2.05) is 0 Å². The highest BCUT2D eigenvalue weighted by Crippen LogP contribution is 2.26. The van der Waals surface area contributed by atoms with Gasteiger partial charge in [-0.2, -0.15) is 4.39 Å². The van der Waals surface area contributed by atoms with Crippen molar-refractivity contribution in [2.45, 2.75) is 32.2 Å². The molecule has 2 aromatic rings. The number of carbonyl (C=O) groups excluding carboxylic acids is 1. The number of aliphatic imine (C=N–C) groups is 1. The predicted molar refractivity (Wildman–Crippen MR) is 108 cm³/mol. The molecule has 0 unspecified atom stereocenters. The zero-order valence-electron chi connectivity index (χ0n) is 15.2. The van der Waals surface area contributed by atoms with E-state index in [9.17, 15) is 14.3 Å². The molecule has 8 heteroatoms. The van der Waals surface area contributed by atoms with Gasteiger partial charge in [-0.05, 0) is 55.2 Å². The standard InChI is InChI=1S/C20H20Cl2FN3O2/c21-14-7-13(8-15(22)9-14)11-26(20(28)12-27)6-2-1-3-16-10-18-17(24-16)4-5-19(23)25-18/h4-5,7-9,27H,1-3,6,10-12H2. The molecule has 5 nitrogen and oxygen atoms in total. The minimum absolute atomic E-state index is 0.329. The van der Waals surface area contributed by atoms with E-state index < -0.39 is 12.6 Å². The van der Waals surface area contributed by atoms with E-state index in [2.05, 4.69) is 9.98 Å². The van der Waals surface area contributed by atoms with Crippen molar-refractivity contribution < 1.29 is 14.3 Å². The first-order chi connectivity index (χ1) is 13.4. The summed E-state index contributed by atoms with van der Waals surface area (Å²) in [6, 6.07) is 8.09. The molecule has 0 radical (unpaired) electrons. The Kier molecular flexibility index (Phi) is 6.99. The number of aromatic nitrogens is 1. The van der Waals surface area contributed by atoms with Gasteiger partial charge in [-0.25, -0.2) is 4.98 Å². The Hall–Kier alpha value is -2.02. The Labute approximate surface area is 172 Å². The molecule has 28 heavy (non-hydrogen) atoms. The molecule has 3 rings (SSSR count). The highest BCUT2D eigenvalue weighted by molar-refractivity contribution is 6.34. The maximum absolute atomic E-state index is 13.2. The van der Waals surface area contributed by atoms with Crippen molar-refractivity contribution in [1.82, 2.24) is 9.88 Å². The van der Waals surface area contributed by atoms with E-state index in [0.29, 0.717) is 35.2 Å². The van der Waals surface area contributed by atoms with Crippen molar-refractivity contribution >= 4 is 40.5 Å². The van der Waals surface area contributed by atoms with Crippen LogP contribution in [-0.2, 0) is 17.8 Å². The summed E-state index contributed by atoms with van der Waals surface area (Å²) in [5, 5.41) is 10.2. The second-order valence-electron chi connectivity index (χ2n) is 6.66. The topological polar surface area (TPSA) is 65.8 Å². The Bertz CT molecular complexity index is 885. The molecule has 0 saturated carbocycles. The number of hydrogen-bond donors (Lipinski definition) is 1. The van der Waals surface area contributed by atoms with Crippen molar-refractivity contribution in [3.8, 4) is 0 Å². The summed E-state index contributed by atoms with van der Waals surface area (Å²) in [6.07, 6.45) is 2.88. The predicted octanol–water partition coefficient (Wildman–Crippen LogP) is 4.35. The number of carbonyl (C=O) groups is 1. The molecule has 0 atom stereocenters. The fourth-order valence-corrected chi connectivity index (χ4v) is 3.76. The quantitative estimate of drug-likeness (QED) is 0.506. The van der Waals surface area contributed by atoms with Gasteiger partial charge in [-0.15, -0.1) is 0 Å². The molecule has 0 saturated heterocycles. The van der Waals surface area contributed by atoms with Gasteiger partial charge in [-0.3, -0.25) is 9.79 Å². The average molecular weight is 424 g/mol. The maximum Gasteiger partial charge on any atom is 0.248 e. The lowest BCUT2D eigenvalue weighted by molar-refractivity contribution is -0.134. The molecule has 0 bridgehead atoms. The van der Waals surface area contributed by atoms with E-state index in [0.717, 1.165) is 36.2 Å². The monoisotopic (exact) mass is 423 g/mol. The van der Waals surface area contributed by atoms with Gasteiger partial charge >= 0.3 is 0 Å². The van der Waals surface area contributed by atoms with Gasteiger partial charge in [0.25, 0.3) is 0 Å². The lowest BCUT2D eigenvalue weighted by atomic mass is 10.1. The van der Waals surface area contributed by atoms with Gasteiger partial charge < -0.3 is 10.0 Å². The van der Waals surface area contributed by atoms with Gasteiger partial charge in [-0.1, -0.05) is 23.2 Å². The number of aliphatic hydroxyl groups excluding tert-OH is 1. The van der Waals surface area contributed by atoms with Crippen LogP contribution in [0.1, 0.15) is 30.5 Å². The molecule has 0 aliphatic carbocycles. The van der Waals surface area contributed by atoms with Crippen molar-refractivity contribution in [3.63, 3.8) is 0 Å². The SMILES string of the molecule is O=C(CO)N(CCCCC1=Nc2ccc(F)nc2C1)Cc1cc(Cl)cc(Cl)c1. The molecule has 0 fully saturated rings. The third-order valence-corrected chi connectivity index (χ3v) is 4.93. The summed E-state index contributed by atoms with van der Waals surface area (Å²) in [5.74, 6) is -0.837. The van der Waals surface area contributed by atoms with E-state index in [1.165, 1.54) is 6.07 Å². The highest BCUT2D eigenvalue weighted by atomic mass is 35.5. The summed E-state index contributed by atoms with van der Waals surface area (Å²) >= 11 is 12.0. The van der Waals surface area contributed by atoms with Crippen LogP contribution < -0.4 is 0 Å². The second-order valence-corrected chi connectivity index (χ2v) is 7.54. The number of fused-ring (bicyclic) bond motifs is 1. The Morgan fingerprint density at radius 3 is 2.64 bits per heavy atom. The Balaban J connectivity index is 1.51. The van der Waals surface area contributed by atoms with Crippen LogP contribution in [0.25, 0.3) is 0 Å². The minimum atomic E-state index is -0.548. The number of amides is 1. The van der Waals surface area contributed by atoms with Gasteiger partial charge in [0.2, 0.25) is 11.9 Å². The number of hydrogen-bond acceptors (Lipinski definition) is 4. The van der Waals surface area contributed by atoms with Gasteiger partial charge in [0, 0.05) is 35.3 Å². The van der Waals surface area contributed by atoms with Crippen molar-refractivity contribution in [2.24, 2.45) is 4.99 Å². The zero-order valence-corrected chi connectivity index (χ0v) is 16.7. The number of halogens is 3. The molecule has 1 aliphatic rings. The zero-order chi connectivity index (χ0) is 20.1. The van der Waals surface area contributed by atoms with E-state index >= 15 is 0 Å². The van der Waals surface area contributed by atoms with Gasteiger partial charge in [0.1, 0.15) is 6.61 Å². The van der Waals surface area contributed by atoms with Crippen molar-refractivity contribution in [1.29, 1.82) is 0 Å². The van der Waals surface area contributed by atoms with Crippen LogP contribution in [0.2, 0.25) is 10.0 Å². The van der Waals surface area contributed by atoms with E-state index in [-0.39, 0.29) is 5.91 Å². The van der Waals surface area contributed by atoms with Crippen LogP contribution in [0.4, 0.5) is 10.1 Å². The number of aliphatic hydroxyl groups is 1. The molecular weight excluding hydrogens is 404 g/mol. The summed E-state index contributed by atoms with van der Waals surface area (Å²) in [6.45, 7) is 0.277. The number of nitrogens with zero attached hydrogens (tertiary/aromatic N) is 3. The molecule has 148 valence electrons. The molecule has 1 aromatic carbocycles. The lowest BCUT2D eigenvalue weighted by Gasteiger charge is -2.22. The molecule has 1 aliphatic heterocycles. The third kappa shape index (κ3) is 5.50. The molecule has 2 heterocycles. The average Bonchev–Trinajstić information content (AvgIpc) is 3.04. The summed E-state index contributed by atoms with van der Waals surface area (Å²) in [4.78, 5) is 22.0. The summed E-state index contributed by atoms with van der Waals surface area (Å²) < 4.78 is 13.2. The van der Waals surface area contributed by atoms with Crippen molar-refractivity contribution in [2.75, 3.05) is 13.2 Å². The molecule has 1 amide bonds. The Morgan fingerprint density at radius 1 is 1.18 bits per heavy atom. The third-order valence-electron chi connectivity index (χ3n) is 4.49. The van der Waals surface area contributed by atoms with Gasteiger partial charge in [0.15, 0.2) is 0 Å². The fraction of sp³-hybridized carbons (Fsp3) is 0.350.